The fraction of sp³-hybridized carbons (Fsp3) is 0.316. The average Bonchev–Trinajstić information content (AvgIpc) is 2.59. The van der Waals surface area contributed by atoms with Crippen molar-refractivity contribution in [3.8, 4) is 0 Å². The molecule has 5 heteroatoms. The fourth-order valence-corrected chi connectivity index (χ4v) is 3.39. The molecule has 1 aromatic carbocycles. The van der Waals surface area contributed by atoms with Crippen LogP contribution in [0.4, 0.5) is 15.9 Å². The number of pyridine rings is 1. The Bertz CT molecular complexity index is 787. The lowest BCUT2D eigenvalue weighted by atomic mass is 9.99. The van der Waals surface area contributed by atoms with Crippen LogP contribution in [0.25, 0.3) is 0 Å². The maximum Gasteiger partial charge on any atom is 0.129 e. The predicted molar refractivity (Wildman–Crippen MR) is 94.3 cm³/mol. The van der Waals surface area contributed by atoms with Gasteiger partial charge in [-0.15, -0.1) is 0 Å². The first-order chi connectivity index (χ1) is 11.7. The van der Waals surface area contributed by atoms with Crippen molar-refractivity contribution in [1.82, 2.24) is 9.88 Å². The lowest BCUT2D eigenvalue weighted by Crippen LogP contribution is -2.33. The Hall–Kier alpha value is -2.56. The first kappa shape index (κ1) is 15.0. The van der Waals surface area contributed by atoms with Crippen molar-refractivity contribution in [2.24, 2.45) is 0 Å². The Kier molecular flexibility index (Phi) is 3.84. The third kappa shape index (κ3) is 2.94. The molecule has 0 saturated heterocycles. The highest BCUT2D eigenvalue weighted by Gasteiger charge is 2.21. The van der Waals surface area contributed by atoms with E-state index < -0.39 is 0 Å². The minimum atomic E-state index is -0.250. The molecule has 124 valence electrons. The van der Waals surface area contributed by atoms with Gasteiger partial charge < -0.3 is 15.5 Å². The summed E-state index contributed by atoms with van der Waals surface area (Å²) in [5.41, 5.74) is 4.48. The summed E-state index contributed by atoms with van der Waals surface area (Å²) in [6, 6.07) is 8.74. The highest BCUT2D eigenvalue weighted by Crippen LogP contribution is 2.27. The molecule has 0 bridgehead atoms. The van der Waals surface area contributed by atoms with Gasteiger partial charge in [-0.05, 0) is 48.2 Å². The molecule has 0 aliphatic carbocycles. The number of hydrogen-bond donors (Lipinski definition) is 2. The molecule has 0 fully saturated rings. The van der Waals surface area contributed by atoms with Crippen molar-refractivity contribution in [2.45, 2.75) is 25.8 Å². The molecule has 2 aliphatic heterocycles. The normalized spacial score (nSPS) is 16.0. The summed E-state index contributed by atoms with van der Waals surface area (Å²) >= 11 is 0. The van der Waals surface area contributed by atoms with Gasteiger partial charge >= 0.3 is 0 Å². The average molecular weight is 324 g/mol. The maximum absolute atomic E-state index is 13.3. The van der Waals surface area contributed by atoms with E-state index in [0.29, 0.717) is 0 Å². The molecule has 0 unspecified atom stereocenters. The number of anilines is 2. The second-order valence-corrected chi connectivity index (χ2v) is 6.39. The van der Waals surface area contributed by atoms with Crippen LogP contribution in [0.15, 0.2) is 42.7 Å². The minimum absolute atomic E-state index is 0.250. The lowest BCUT2D eigenvalue weighted by molar-refractivity contribution is 0.324. The van der Waals surface area contributed by atoms with Gasteiger partial charge in [-0.3, -0.25) is 0 Å². The zero-order chi connectivity index (χ0) is 16.5. The second-order valence-electron chi connectivity index (χ2n) is 6.39. The highest BCUT2D eigenvalue weighted by atomic mass is 19.1. The Morgan fingerprint density at radius 1 is 1.25 bits per heavy atom. The van der Waals surface area contributed by atoms with Crippen LogP contribution in [0, 0.1) is 5.82 Å². The summed E-state index contributed by atoms with van der Waals surface area (Å²) in [4.78, 5) is 7.00. The number of nitrogens with zero attached hydrogens (tertiary/aromatic N) is 2. The van der Waals surface area contributed by atoms with E-state index in [1.54, 1.807) is 6.07 Å². The van der Waals surface area contributed by atoms with Crippen molar-refractivity contribution in [1.29, 1.82) is 0 Å². The van der Waals surface area contributed by atoms with Crippen molar-refractivity contribution < 1.29 is 4.39 Å². The van der Waals surface area contributed by atoms with E-state index in [1.807, 2.05) is 6.07 Å². The molecular weight excluding hydrogens is 303 g/mol. The van der Waals surface area contributed by atoms with Gasteiger partial charge in [0, 0.05) is 37.4 Å². The topological polar surface area (TPSA) is 40.2 Å². The Labute approximate surface area is 141 Å². The first-order valence-electron chi connectivity index (χ1n) is 8.41. The molecule has 0 amide bonds. The molecule has 4 nitrogen and oxygen atoms in total. The third-order valence-electron chi connectivity index (χ3n) is 4.66. The van der Waals surface area contributed by atoms with E-state index >= 15 is 0 Å². The number of rotatable bonds is 3. The molecule has 24 heavy (non-hydrogen) atoms. The molecule has 0 radical (unpaired) electrons. The summed E-state index contributed by atoms with van der Waals surface area (Å²) in [6.07, 6.45) is 3.14. The predicted octanol–water partition coefficient (Wildman–Crippen LogP) is 3.52. The van der Waals surface area contributed by atoms with E-state index in [9.17, 15) is 4.39 Å². The number of fused-ring (bicyclic) bond motifs is 2. The first-order valence-corrected chi connectivity index (χ1v) is 8.41. The summed E-state index contributed by atoms with van der Waals surface area (Å²) < 4.78 is 13.3. The summed E-state index contributed by atoms with van der Waals surface area (Å²) in [5, 5.41) is 6.60. The van der Waals surface area contributed by atoms with E-state index in [0.717, 1.165) is 56.2 Å². The Morgan fingerprint density at radius 2 is 2.17 bits per heavy atom. The van der Waals surface area contributed by atoms with Crippen LogP contribution in [0.5, 0.6) is 0 Å². The van der Waals surface area contributed by atoms with Gasteiger partial charge in [-0.1, -0.05) is 12.6 Å². The fourth-order valence-electron chi connectivity index (χ4n) is 3.39. The van der Waals surface area contributed by atoms with Crippen LogP contribution >= 0.6 is 0 Å². The number of benzene rings is 1. The van der Waals surface area contributed by atoms with Gasteiger partial charge in [0.25, 0.3) is 0 Å². The molecule has 4 rings (SSSR count). The Morgan fingerprint density at radius 3 is 3.04 bits per heavy atom. The van der Waals surface area contributed by atoms with Crippen LogP contribution in [0.2, 0.25) is 0 Å². The number of halogens is 1. The van der Waals surface area contributed by atoms with E-state index in [1.165, 1.54) is 29.0 Å². The second kappa shape index (κ2) is 6.15. The monoisotopic (exact) mass is 324 g/mol. The third-order valence-corrected chi connectivity index (χ3v) is 4.66. The molecule has 0 saturated carbocycles. The zero-order valence-electron chi connectivity index (χ0n) is 13.6. The van der Waals surface area contributed by atoms with Gasteiger partial charge in [-0.2, -0.15) is 0 Å². The van der Waals surface area contributed by atoms with E-state index in [2.05, 4.69) is 28.2 Å². The molecule has 0 atom stereocenters. The van der Waals surface area contributed by atoms with Crippen molar-refractivity contribution >= 4 is 11.5 Å². The number of nitrogens with one attached hydrogen (secondary N) is 2. The minimum Gasteiger partial charge on any atom is -0.370 e. The highest BCUT2D eigenvalue weighted by molar-refractivity contribution is 5.51. The summed E-state index contributed by atoms with van der Waals surface area (Å²) in [7, 11) is 0. The molecule has 2 aromatic rings. The van der Waals surface area contributed by atoms with Crippen LogP contribution < -0.4 is 10.6 Å². The quantitative estimate of drug-likeness (QED) is 0.906. The molecule has 0 spiro atoms. The summed E-state index contributed by atoms with van der Waals surface area (Å²) in [6.45, 7) is 6.79. The van der Waals surface area contributed by atoms with Crippen molar-refractivity contribution in [3.05, 3.63) is 65.4 Å². The van der Waals surface area contributed by atoms with Gasteiger partial charge in [0.1, 0.15) is 11.6 Å². The number of aromatic nitrogens is 1. The lowest BCUT2D eigenvalue weighted by Gasteiger charge is -2.33. The van der Waals surface area contributed by atoms with Crippen LogP contribution in [0.3, 0.4) is 0 Å². The summed E-state index contributed by atoms with van der Waals surface area (Å²) in [5.74, 6) is 1.60. The molecule has 3 heterocycles. The molecule has 2 N–H and O–H groups in total. The zero-order valence-corrected chi connectivity index (χ0v) is 13.6. The Balaban J connectivity index is 1.50. The smallest absolute Gasteiger partial charge is 0.129 e. The largest absolute Gasteiger partial charge is 0.370 e. The van der Waals surface area contributed by atoms with Gasteiger partial charge in [0.2, 0.25) is 0 Å². The SMILES string of the molecule is C=C(Nc1cccc(F)c1)N1CCc2nc3c(cc2C1)CCCN3. The molecule has 2 aliphatic rings. The maximum atomic E-state index is 13.3. The van der Waals surface area contributed by atoms with E-state index in [-0.39, 0.29) is 5.82 Å². The van der Waals surface area contributed by atoms with Crippen LogP contribution in [-0.2, 0) is 19.4 Å². The molecular formula is C19H21FN4. The standard InChI is InChI=1S/C19H21FN4/c1-13(22-17-6-2-5-16(20)11-17)24-9-7-18-15(12-24)10-14-4-3-8-21-19(14)23-18/h2,5-6,10-11,22H,1,3-4,7-9,12H2,(H,21,23). The van der Waals surface area contributed by atoms with Gasteiger partial charge in [0.15, 0.2) is 0 Å². The van der Waals surface area contributed by atoms with Crippen molar-refractivity contribution in [2.75, 3.05) is 23.7 Å². The number of hydrogen-bond acceptors (Lipinski definition) is 4. The van der Waals surface area contributed by atoms with Crippen molar-refractivity contribution in [3.63, 3.8) is 0 Å². The van der Waals surface area contributed by atoms with Crippen LogP contribution in [-0.4, -0.2) is 23.0 Å². The number of aryl methyl sites for hydroxylation is 1. The van der Waals surface area contributed by atoms with Gasteiger partial charge in [-0.25, -0.2) is 9.37 Å². The van der Waals surface area contributed by atoms with Gasteiger partial charge in [0.05, 0.1) is 5.82 Å². The molecule has 1 aromatic heterocycles. The van der Waals surface area contributed by atoms with E-state index in [4.69, 9.17) is 4.98 Å². The van der Waals surface area contributed by atoms with Crippen LogP contribution in [0.1, 0.15) is 23.2 Å².